The van der Waals surface area contributed by atoms with Crippen LogP contribution in [0.25, 0.3) is 5.76 Å². The molecule has 7 heteroatoms. The van der Waals surface area contributed by atoms with Crippen LogP contribution in [0.4, 0.5) is 0 Å². The molecule has 182 valence electrons. The van der Waals surface area contributed by atoms with Gasteiger partial charge in [0.05, 0.1) is 25.3 Å². The monoisotopic (exact) mass is 466 g/mol. The molecule has 0 saturated carbocycles. The van der Waals surface area contributed by atoms with Gasteiger partial charge >= 0.3 is 0 Å². The summed E-state index contributed by atoms with van der Waals surface area (Å²) in [5.41, 5.74) is 1.27. The summed E-state index contributed by atoms with van der Waals surface area (Å²) < 4.78 is 10.8. The fraction of sp³-hybridized carbons (Fsp3) is 0.407. The third-order valence-corrected chi connectivity index (χ3v) is 6.16. The summed E-state index contributed by atoms with van der Waals surface area (Å²) in [5, 5.41) is 11.2. The first kappa shape index (κ1) is 25.3. The predicted octanol–water partition coefficient (Wildman–Crippen LogP) is 4.25. The first-order chi connectivity index (χ1) is 16.4. The zero-order valence-electron chi connectivity index (χ0n) is 20.4. The predicted molar refractivity (Wildman–Crippen MR) is 132 cm³/mol. The van der Waals surface area contributed by atoms with Crippen molar-refractivity contribution < 1.29 is 24.2 Å². The van der Waals surface area contributed by atoms with Gasteiger partial charge in [0.15, 0.2) is 0 Å². The van der Waals surface area contributed by atoms with Crippen molar-refractivity contribution in [1.29, 1.82) is 0 Å². The highest BCUT2D eigenvalue weighted by atomic mass is 16.5. The highest BCUT2D eigenvalue weighted by molar-refractivity contribution is 6.46. The molecule has 0 aromatic heterocycles. The number of nitrogens with zero attached hydrogens (tertiary/aromatic N) is 2. The standard InChI is InChI=1S/C27H34N2O5/c1-5-28(6-2)16-9-17-29-24(20-10-8-11-22(18-20)34-7-3)23(26(31)27(29)32)25(30)19-12-14-21(33-4)15-13-19/h8,10-15,18,24,30H,5-7,9,16-17H2,1-4H3. The molecule has 1 aliphatic heterocycles. The van der Waals surface area contributed by atoms with Gasteiger partial charge in [-0.1, -0.05) is 26.0 Å². The quantitative estimate of drug-likeness (QED) is 0.303. The van der Waals surface area contributed by atoms with Crippen LogP contribution in [0.5, 0.6) is 11.5 Å². The van der Waals surface area contributed by atoms with E-state index < -0.39 is 17.7 Å². The number of Topliss-reactive ketones (excluding diaryl/α,β-unsaturated/α-hetero) is 1. The number of aliphatic hydroxyl groups excluding tert-OH is 1. The number of methoxy groups -OCH3 is 1. The van der Waals surface area contributed by atoms with Crippen molar-refractivity contribution in [3.63, 3.8) is 0 Å². The van der Waals surface area contributed by atoms with Gasteiger partial charge in [-0.25, -0.2) is 0 Å². The number of ether oxygens (including phenoxy) is 2. The highest BCUT2D eigenvalue weighted by Gasteiger charge is 2.45. The molecule has 0 bridgehead atoms. The maximum absolute atomic E-state index is 13.2. The van der Waals surface area contributed by atoms with E-state index in [0.717, 1.165) is 31.6 Å². The van der Waals surface area contributed by atoms with E-state index in [0.29, 0.717) is 30.2 Å². The number of rotatable bonds is 11. The molecule has 3 rings (SSSR count). The minimum atomic E-state index is -0.695. The van der Waals surface area contributed by atoms with E-state index in [1.165, 1.54) is 0 Å². The van der Waals surface area contributed by atoms with Gasteiger partial charge < -0.3 is 24.4 Å². The molecule has 34 heavy (non-hydrogen) atoms. The molecule has 1 fully saturated rings. The summed E-state index contributed by atoms with van der Waals surface area (Å²) in [6.45, 7) is 9.67. The lowest BCUT2D eigenvalue weighted by atomic mass is 9.95. The first-order valence-corrected chi connectivity index (χ1v) is 11.8. The van der Waals surface area contributed by atoms with E-state index in [4.69, 9.17) is 9.47 Å². The number of benzene rings is 2. The Bertz CT molecular complexity index is 1030. The fourth-order valence-electron chi connectivity index (χ4n) is 4.31. The Labute approximate surface area is 201 Å². The Morgan fingerprint density at radius 1 is 1.03 bits per heavy atom. The Morgan fingerprint density at radius 3 is 2.35 bits per heavy atom. The number of carbonyl (C=O) groups is 2. The van der Waals surface area contributed by atoms with Gasteiger partial charge in [0.2, 0.25) is 0 Å². The van der Waals surface area contributed by atoms with E-state index >= 15 is 0 Å². The van der Waals surface area contributed by atoms with Crippen LogP contribution >= 0.6 is 0 Å². The largest absolute Gasteiger partial charge is 0.507 e. The number of amides is 1. The van der Waals surface area contributed by atoms with E-state index in [9.17, 15) is 14.7 Å². The van der Waals surface area contributed by atoms with Crippen molar-refractivity contribution in [3.8, 4) is 11.5 Å². The normalized spacial score (nSPS) is 17.4. The minimum absolute atomic E-state index is 0.0895. The summed E-state index contributed by atoms with van der Waals surface area (Å²) in [4.78, 5) is 30.2. The van der Waals surface area contributed by atoms with Crippen LogP contribution in [0.2, 0.25) is 0 Å². The summed E-state index contributed by atoms with van der Waals surface area (Å²) in [7, 11) is 1.56. The number of aliphatic hydroxyl groups is 1. The molecule has 2 aromatic rings. The van der Waals surface area contributed by atoms with E-state index in [-0.39, 0.29) is 11.3 Å². The molecule has 2 aromatic carbocycles. The zero-order chi connectivity index (χ0) is 24.7. The number of ketones is 1. The average Bonchev–Trinajstić information content (AvgIpc) is 3.11. The molecule has 0 radical (unpaired) electrons. The summed E-state index contributed by atoms with van der Waals surface area (Å²) in [6, 6.07) is 13.4. The van der Waals surface area contributed by atoms with Crippen molar-refractivity contribution in [2.45, 2.75) is 33.2 Å². The number of likely N-dealkylation sites (tertiary alicyclic amines) is 1. The van der Waals surface area contributed by atoms with Crippen LogP contribution in [0.15, 0.2) is 54.1 Å². The van der Waals surface area contributed by atoms with Crippen LogP contribution in [0.3, 0.4) is 0 Å². The lowest BCUT2D eigenvalue weighted by Crippen LogP contribution is -2.33. The van der Waals surface area contributed by atoms with Crippen molar-refractivity contribution in [2.24, 2.45) is 0 Å². The Balaban J connectivity index is 2.04. The molecule has 7 nitrogen and oxygen atoms in total. The molecule has 0 spiro atoms. The molecule has 1 atom stereocenters. The van der Waals surface area contributed by atoms with Gasteiger partial charge in [0.1, 0.15) is 17.3 Å². The topological polar surface area (TPSA) is 79.3 Å². The van der Waals surface area contributed by atoms with Gasteiger partial charge in [-0.2, -0.15) is 0 Å². The molecule has 0 aliphatic carbocycles. The van der Waals surface area contributed by atoms with Crippen molar-refractivity contribution in [1.82, 2.24) is 9.80 Å². The van der Waals surface area contributed by atoms with Crippen LogP contribution in [-0.4, -0.2) is 66.5 Å². The second-order valence-electron chi connectivity index (χ2n) is 8.11. The molecule has 1 aliphatic rings. The lowest BCUT2D eigenvalue weighted by Gasteiger charge is -2.27. The molecule has 1 amide bonds. The smallest absolute Gasteiger partial charge is 0.295 e. The van der Waals surface area contributed by atoms with Crippen LogP contribution in [0.1, 0.15) is 44.4 Å². The third kappa shape index (κ3) is 5.42. The molecule has 1 saturated heterocycles. The molecule has 1 heterocycles. The van der Waals surface area contributed by atoms with Gasteiger partial charge in [-0.3, -0.25) is 9.59 Å². The van der Waals surface area contributed by atoms with Gasteiger partial charge in [-0.15, -0.1) is 0 Å². The van der Waals surface area contributed by atoms with E-state index in [2.05, 4.69) is 18.7 Å². The average molecular weight is 467 g/mol. The minimum Gasteiger partial charge on any atom is -0.507 e. The number of hydrogen-bond donors (Lipinski definition) is 1. The molecular weight excluding hydrogens is 432 g/mol. The summed E-state index contributed by atoms with van der Waals surface area (Å²) in [6.07, 6.45) is 0.721. The Hall–Kier alpha value is -3.32. The zero-order valence-corrected chi connectivity index (χ0v) is 20.4. The van der Waals surface area contributed by atoms with E-state index in [1.807, 2.05) is 31.2 Å². The summed E-state index contributed by atoms with van der Waals surface area (Å²) >= 11 is 0. The lowest BCUT2D eigenvalue weighted by molar-refractivity contribution is -0.140. The maximum Gasteiger partial charge on any atom is 0.295 e. The second kappa shape index (κ2) is 11.7. The number of carbonyl (C=O) groups excluding carboxylic acids is 2. The highest BCUT2D eigenvalue weighted by Crippen LogP contribution is 2.40. The van der Waals surface area contributed by atoms with Crippen molar-refractivity contribution in [3.05, 3.63) is 65.2 Å². The van der Waals surface area contributed by atoms with Gasteiger partial charge in [-0.05, 0) is 74.9 Å². The molecule has 1 unspecified atom stereocenters. The molecule has 1 N–H and O–H groups in total. The van der Waals surface area contributed by atoms with E-state index in [1.54, 1.807) is 36.3 Å². The van der Waals surface area contributed by atoms with Crippen LogP contribution < -0.4 is 9.47 Å². The Kier molecular flexibility index (Phi) is 8.71. The summed E-state index contributed by atoms with van der Waals surface area (Å²) in [5.74, 6) is -0.184. The fourth-order valence-corrected chi connectivity index (χ4v) is 4.31. The molecular formula is C27H34N2O5. The van der Waals surface area contributed by atoms with Crippen LogP contribution in [0, 0.1) is 0 Å². The second-order valence-corrected chi connectivity index (χ2v) is 8.11. The van der Waals surface area contributed by atoms with Crippen LogP contribution in [-0.2, 0) is 9.59 Å². The van der Waals surface area contributed by atoms with Gasteiger partial charge in [0.25, 0.3) is 11.7 Å². The van der Waals surface area contributed by atoms with Crippen molar-refractivity contribution >= 4 is 17.4 Å². The van der Waals surface area contributed by atoms with Crippen molar-refractivity contribution in [2.75, 3.05) is 39.9 Å². The maximum atomic E-state index is 13.2. The third-order valence-electron chi connectivity index (χ3n) is 6.16. The van der Waals surface area contributed by atoms with Gasteiger partial charge in [0, 0.05) is 12.1 Å². The SMILES string of the molecule is CCOc1cccc(C2C(=C(O)c3ccc(OC)cc3)C(=O)C(=O)N2CCCN(CC)CC)c1. The first-order valence-electron chi connectivity index (χ1n) is 11.8. The Morgan fingerprint density at radius 2 is 1.74 bits per heavy atom. The number of hydrogen-bond acceptors (Lipinski definition) is 6.